The largest absolute Gasteiger partial charge is 0.388 e. The Kier molecular flexibility index (Phi) is 5.93. The second kappa shape index (κ2) is 7.24. The van der Waals surface area contributed by atoms with Gasteiger partial charge in [-0.15, -0.1) is 11.3 Å². The van der Waals surface area contributed by atoms with Gasteiger partial charge in [0.05, 0.1) is 18.1 Å². The highest BCUT2D eigenvalue weighted by Gasteiger charge is 2.10. The van der Waals surface area contributed by atoms with Gasteiger partial charge in [-0.25, -0.2) is 4.98 Å². The highest BCUT2D eigenvalue weighted by molar-refractivity contribution is 7.13. The molecule has 0 bridgehead atoms. The average molecular weight is 256 g/mol. The third kappa shape index (κ3) is 4.70. The van der Waals surface area contributed by atoms with Crippen molar-refractivity contribution in [2.75, 3.05) is 31.7 Å². The molecule has 0 saturated carbocycles. The molecule has 0 amide bonds. The third-order valence-corrected chi connectivity index (χ3v) is 3.34. The van der Waals surface area contributed by atoms with Gasteiger partial charge in [-0.3, -0.25) is 5.41 Å². The molecule has 0 aliphatic carbocycles. The van der Waals surface area contributed by atoms with Crippen molar-refractivity contribution < 1.29 is 4.74 Å². The lowest BCUT2D eigenvalue weighted by molar-refractivity contribution is 0.205. The van der Waals surface area contributed by atoms with Gasteiger partial charge in [0.1, 0.15) is 0 Å². The maximum absolute atomic E-state index is 7.27. The molecule has 0 unspecified atom stereocenters. The number of nitrogens with two attached hydrogens (primary N) is 1. The molecule has 0 aliphatic rings. The van der Waals surface area contributed by atoms with Crippen molar-refractivity contribution in [1.82, 2.24) is 4.98 Å². The number of methoxy groups -OCH3 is 1. The Bertz CT molecular complexity index is 353. The second-order valence-electron chi connectivity index (χ2n) is 3.73. The molecule has 0 aliphatic heterocycles. The Balaban J connectivity index is 2.63. The number of hydrogen-bond donors (Lipinski definition) is 2. The van der Waals surface area contributed by atoms with Crippen LogP contribution in [0.5, 0.6) is 0 Å². The number of rotatable bonds is 8. The smallest absolute Gasteiger partial charge is 0.185 e. The first-order valence-corrected chi connectivity index (χ1v) is 6.56. The molecule has 5 nitrogen and oxygen atoms in total. The van der Waals surface area contributed by atoms with Crippen molar-refractivity contribution in [1.29, 1.82) is 5.41 Å². The van der Waals surface area contributed by atoms with E-state index in [4.69, 9.17) is 15.9 Å². The van der Waals surface area contributed by atoms with E-state index in [0.29, 0.717) is 13.0 Å². The number of nitrogens with one attached hydrogen (secondary N) is 1. The van der Waals surface area contributed by atoms with E-state index < -0.39 is 0 Å². The van der Waals surface area contributed by atoms with Crippen molar-refractivity contribution in [3.63, 3.8) is 0 Å². The van der Waals surface area contributed by atoms with Crippen molar-refractivity contribution in [3.8, 4) is 0 Å². The summed E-state index contributed by atoms with van der Waals surface area (Å²) in [5.41, 5.74) is 6.49. The van der Waals surface area contributed by atoms with Crippen LogP contribution in [0.4, 0.5) is 5.13 Å². The second-order valence-corrected chi connectivity index (χ2v) is 4.57. The van der Waals surface area contributed by atoms with Gasteiger partial charge in [0.25, 0.3) is 0 Å². The molecule has 0 radical (unpaired) electrons. The van der Waals surface area contributed by atoms with Crippen molar-refractivity contribution >= 4 is 22.3 Å². The summed E-state index contributed by atoms with van der Waals surface area (Å²) < 4.78 is 5.08. The summed E-state index contributed by atoms with van der Waals surface area (Å²) >= 11 is 1.63. The van der Waals surface area contributed by atoms with E-state index in [1.165, 1.54) is 0 Å². The van der Waals surface area contributed by atoms with Gasteiger partial charge < -0.3 is 15.4 Å². The minimum absolute atomic E-state index is 0.208. The summed E-state index contributed by atoms with van der Waals surface area (Å²) in [6, 6.07) is 0. The van der Waals surface area contributed by atoms with Gasteiger partial charge in [0, 0.05) is 32.0 Å². The van der Waals surface area contributed by atoms with Crippen LogP contribution in [0.15, 0.2) is 5.38 Å². The van der Waals surface area contributed by atoms with Gasteiger partial charge >= 0.3 is 0 Å². The van der Waals surface area contributed by atoms with Crippen molar-refractivity contribution in [2.24, 2.45) is 5.73 Å². The fourth-order valence-electron chi connectivity index (χ4n) is 1.36. The van der Waals surface area contributed by atoms with E-state index in [1.807, 2.05) is 0 Å². The lowest BCUT2D eigenvalue weighted by Gasteiger charge is -2.21. The molecule has 1 aromatic rings. The highest BCUT2D eigenvalue weighted by Crippen LogP contribution is 2.20. The Morgan fingerprint density at radius 2 is 2.35 bits per heavy atom. The molecule has 1 aromatic heterocycles. The van der Waals surface area contributed by atoms with Crippen LogP contribution in [-0.4, -0.2) is 37.6 Å². The van der Waals surface area contributed by atoms with Gasteiger partial charge in [0.2, 0.25) is 0 Å². The Morgan fingerprint density at radius 1 is 1.59 bits per heavy atom. The minimum Gasteiger partial charge on any atom is -0.388 e. The van der Waals surface area contributed by atoms with Crippen LogP contribution in [0.3, 0.4) is 0 Å². The topological polar surface area (TPSA) is 75.2 Å². The molecular weight excluding hydrogens is 236 g/mol. The van der Waals surface area contributed by atoms with Gasteiger partial charge in [0.15, 0.2) is 5.13 Å². The van der Waals surface area contributed by atoms with Crippen LogP contribution < -0.4 is 10.6 Å². The number of anilines is 1. The molecule has 3 N–H and O–H groups in total. The first-order valence-electron chi connectivity index (χ1n) is 5.68. The number of nitrogens with zero attached hydrogens (tertiary/aromatic N) is 2. The fourth-order valence-corrected chi connectivity index (χ4v) is 2.33. The number of aryl methyl sites for hydroxylation is 1. The zero-order valence-electron chi connectivity index (χ0n) is 10.4. The quantitative estimate of drug-likeness (QED) is 0.546. The Morgan fingerprint density at radius 3 is 2.88 bits per heavy atom. The summed E-state index contributed by atoms with van der Waals surface area (Å²) in [7, 11) is 1.68. The third-order valence-electron chi connectivity index (χ3n) is 2.39. The van der Waals surface area contributed by atoms with E-state index in [2.05, 4.69) is 22.2 Å². The SMILES string of the molecule is CCc1csc(N(CCOC)CCC(=N)N)n1. The van der Waals surface area contributed by atoms with Crippen LogP contribution in [0.25, 0.3) is 0 Å². The van der Waals surface area contributed by atoms with Crippen molar-refractivity contribution in [2.45, 2.75) is 19.8 Å². The number of aromatic nitrogens is 1. The van der Waals surface area contributed by atoms with Crippen molar-refractivity contribution in [3.05, 3.63) is 11.1 Å². The summed E-state index contributed by atoms with van der Waals surface area (Å²) in [6.45, 7) is 4.24. The summed E-state index contributed by atoms with van der Waals surface area (Å²) in [5.74, 6) is 0.208. The van der Waals surface area contributed by atoms with Crippen LogP contribution in [-0.2, 0) is 11.2 Å². The zero-order valence-corrected chi connectivity index (χ0v) is 11.2. The van der Waals surface area contributed by atoms with E-state index in [-0.39, 0.29) is 5.84 Å². The molecule has 0 spiro atoms. The predicted molar refractivity (Wildman–Crippen MR) is 72.1 cm³/mol. The van der Waals surface area contributed by atoms with E-state index in [1.54, 1.807) is 18.4 Å². The summed E-state index contributed by atoms with van der Waals surface area (Å²) in [4.78, 5) is 6.66. The first kappa shape index (κ1) is 13.9. The van der Waals surface area contributed by atoms with E-state index >= 15 is 0 Å². The predicted octanol–water partition coefficient (Wildman–Crippen LogP) is 1.48. The number of thiazole rings is 1. The molecule has 0 atom stereocenters. The summed E-state index contributed by atoms with van der Waals surface area (Å²) in [5, 5.41) is 10.3. The molecule has 1 heterocycles. The van der Waals surface area contributed by atoms with Gasteiger partial charge in [-0.05, 0) is 6.42 Å². The molecule has 0 saturated heterocycles. The molecule has 96 valence electrons. The number of hydrogen-bond acceptors (Lipinski definition) is 5. The van der Waals surface area contributed by atoms with E-state index in [9.17, 15) is 0 Å². The lowest BCUT2D eigenvalue weighted by Crippen LogP contribution is -2.30. The minimum atomic E-state index is 0.208. The fraction of sp³-hybridized carbons (Fsp3) is 0.636. The molecule has 1 rings (SSSR count). The maximum Gasteiger partial charge on any atom is 0.185 e. The number of ether oxygens (including phenoxy) is 1. The van der Waals surface area contributed by atoms with E-state index in [0.717, 1.165) is 30.3 Å². The number of amidine groups is 1. The molecule has 0 fully saturated rings. The van der Waals surface area contributed by atoms with Crippen LogP contribution >= 0.6 is 11.3 Å². The standard InChI is InChI=1S/C11H20N4OS/c1-3-9-8-17-11(14-9)15(6-7-16-2)5-4-10(12)13/h8H,3-7H2,1-2H3,(H3,12,13). The molecule has 6 heteroatoms. The normalized spacial score (nSPS) is 10.5. The van der Waals surface area contributed by atoms with Crippen LogP contribution in [0.1, 0.15) is 19.0 Å². The van der Waals surface area contributed by atoms with Crippen LogP contribution in [0, 0.1) is 5.41 Å². The maximum atomic E-state index is 7.27. The monoisotopic (exact) mass is 256 g/mol. The Hall–Kier alpha value is -1.14. The molecular formula is C11H20N4OS. The summed E-state index contributed by atoms with van der Waals surface area (Å²) in [6.07, 6.45) is 1.51. The average Bonchev–Trinajstić information content (AvgIpc) is 2.77. The van der Waals surface area contributed by atoms with Crippen LogP contribution in [0.2, 0.25) is 0 Å². The lowest BCUT2D eigenvalue weighted by atomic mass is 10.3. The zero-order chi connectivity index (χ0) is 12.7. The highest BCUT2D eigenvalue weighted by atomic mass is 32.1. The first-order chi connectivity index (χ1) is 8.17. The van der Waals surface area contributed by atoms with Gasteiger partial charge in [-0.1, -0.05) is 6.92 Å². The Labute approximate surface area is 106 Å². The molecule has 17 heavy (non-hydrogen) atoms. The molecule has 0 aromatic carbocycles. The van der Waals surface area contributed by atoms with Gasteiger partial charge in [-0.2, -0.15) is 0 Å².